The third kappa shape index (κ3) is 3.26. The Morgan fingerprint density at radius 3 is 1.94 bits per heavy atom. The van der Waals surface area contributed by atoms with Crippen molar-refractivity contribution in [2.24, 2.45) is 0 Å². The zero-order chi connectivity index (χ0) is 21.3. The molecule has 0 aliphatic rings. The van der Waals surface area contributed by atoms with Gasteiger partial charge < -0.3 is 4.90 Å². The monoisotopic (exact) mass is 427 g/mol. The lowest BCUT2D eigenvalue weighted by molar-refractivity contribution is 1.30. The molecule has 6 aromatic rings. The van der Waals surface area contributed by atoms with Crippen LogP contribution in [0, 0.1) is 0 Å². The predicted octanol–water partition coefficient (Wildman–Crippen LogP) is 9.19. The van der Waals surface area contributed by atoms with Gasteiger partial charge in [-0.1, -0.05) is 91.0 Å². The number of para-hydroxylation sites is 1. The highest BCUT2D eigenvalue weighted by Gasteiger charge is 2.18. The van der Waals surface area contributed by atoms with Crippen LogP contribution in [0.4, 0.5) is 17.1 Å². The first kappa shape index (κ1) is 18.9. The molecule has 1 heterocycles. The summed E-state index contributed by atoms with van der Waals surface area (Å²) in [4.78, 5) is 2.38. The Balaban J connectivity index is 1.60. The smallest absolute Gasteiger partial charge is 0.0640 e. The Labute approximate surface area is 191 Å². The molecule has 0 radical (unpaired) electrons. The summed E-state index contributed by atoms with van der Waals surface area (Å²) in [6, 6.07) is 45.4. The molecule has 0 aliphatic carbocycles. The summed E-state index contributed by atoms with van der Waals surface area (Å²) in [6.07, 6.45) is 0. The van der Waals surface area contributed by atoms with Crippen molar-refractivity contribution in [1.82, 2.24) is 0 Å². The summed E-state index contributed by atoms with van der Waals surface area (Å²) in [5.74, 6) is 0. The molecule has 1 aromatic heterocycles. The van der Waals surface area contributed by atoms with Crippen LogP contribution < -0.4 is 4.90 Å². The summed E-state index contributed by atoms with van der Waals surface area (Å²) in [6.45, 7) is 0. The van der Waals surface area contributed by atoms with Crippen LogP contribution in [0.15, 0.2) is 127 Å². The van der Waals surface area contributed by atoms with Crippen LogP contribution in [0.25, 0.3) is 31.3 Å². The SMILES string of the molecule is c1ccc(-c2cccc(N(c3ccccc3)c3cccc4c3sc3ccccc34)c2)cc1. The molecular formula is C30H21NS. The van der Waals surface area contributed by atoms with E-state index in [0.29, 0.717) is 0 Å². The molecule has 0 bridgehead atoms. The van der Waals surface area contributed by atoms with Crippen molar-refractivity contribution in [1.29, 1.82) is 0 Å². The molecule has 0 spiro atoms. The van der Waals surface area contributed by atoms with Gasteiger partial charge in [0, 0.05) is 26.8 Å². The van der Waals surface area contributed by atoms with Crippen LogP contribution in [0.5, 0.6) is 0 Å². The van der Waals surface area contributed by atoms with Gasteiger partial charge in [-0.25, -0.2) is 0 Å². The number of rotatable bonds is 4. The van der Waals surface area contributed by atoms with Crippen LogP contribution in [-0.4, -0.2) is 0 Å². The number of benzene rings is 5. The fourth-order valence-corrected chi connectivity index (χ4v) is 5.57. The molecule has 0 unspecified atom stereocenters. The van der Waals surface area contributed by atoms with E-state index in [1.54, 1.807) is 0 Å². The number of hydrogen-bond donors (Lipinski definition) is 0. The number of nitrogens with zero attached hydrogens (tertiary/aromatic N) is 1. The Bertz CT molecular complexity index is 1520. The van der Waals surface area contributed by atoms with Gasteiger partial charge in [0.25, 0.3) is 0 Å². The molecule has 0 saturated heterocycles. The minimum atomic E-state index is 1.16. The normalized spacial score (nSPS) is 11.1. The van der Waals surface area contributed by atoms with Crippen LogP contribution in [0.3, 0.4) is 0 Å². The fraction of sp³-hybridized carbons (Fsp3) is 0. The minimum absolute atomic E-state index is 1.16. The second kappa shape index (κ2) is 7.99. The Kier molecular flexibility index (Phi) is 4.71. The van der Waals surface area contributed by atoms with Crippen molar-refractivity contribution in [2.45, 2.75) is 0 Å². The first-order valence-corrected chi connectivity index (χ1v) is 11.6. The third-order valence-electron chi connectivity index (χ3n) is 5.85. The van der Waals surface area contributed by atoms with Gasteiger partial charge in [0.1, 0.15) is 0 Å². The first-order valence-electron chi connectivity index (χ1n) is 10.8. The summed E-state index contributed by atoms with van der Waals surface area (Å²) >= 11 is 1.86. The van der Waals surface area contributed by atoms with Crippen LogP contribution in [0.2, 0.25) is 0 Å². The van der Waals surface area contributed by atoms with Crippen LogP contribution >= 0.6 is 11.3 Å². The second-order valence-electron chi connectivity index (χ2n) is 7.84. The maximum Gasteiger partial charge on any atom is 0.0640 e. The van der Waals surface area contributed by atoms with Gasteiger partial charge in [0.15, 0.2) is 0 Å². The molecule has 6 rings (SSSR count). The quantitative estimate of drug-likeness (QED) is 0.271. The Morgan fingerprint density at radius 2 is 1.09 bits per heavy atom. The lowest BCUT2D eigenvalue weighted by atomic mass is 10.0. The van der Waals surface area contributed by atoms with Crippen molar-refractivity contribution in [3.63, 3.8) is 0 Å². The molecule has 152 valence electrons. The maximum atomic E-state index is 2.38. The highest BCUT2D eigenvalue weighted by Crippen LogP contribution is 2.44. The van der Waals surface area contributed by atoms with Gasteiger partial charge in [-0.3, -0.25) is 0 Å². The van der Waals surface area contributed by atoms with E-state index in [4.69, 9.17) is 0 Å². The summed E-state index contributed by atoms with van der Waals surface area (Å²) in [5.41, 5.74) is 5.96. The number of thiophene rings is 1. The van der Waals surface area contributed by atoms with E-state index in [0.717, 1.165) is 11.4 Å². The molecule has 1 nitrogen and oxygen atoms in total. The molecule has 5 aromatic carbocycles. The molecule has 0 N–H and O–H groups in total. The Hall–Kier alpha value is -3.88. The largest absolute Gasteiger partial charge is 0.309 e. The Morgan fingerprint density at radius 1 is 0.469 bits per heavy atom. The molecule has 2 heteroatoms. The molecule has 0 atom stereocenters. The second-order valence-corrected chi connectivity index (χ2v) is 8.89. The average molecular weight is 428 g/mol. The highest BCUT2D eigenvalue weighted by molar-refractivity contribution is 7.26. The molecular weight excluding hydrogens is 406 g/mol. The lowest BCUT2D eigenvalue weighted by Gasteiger charge is -2.26. The topological polar surface area (TPSA) is 3.24 Å². The van der Waals surface area contributed by atoms with Gasteiger partial charge in [-0.05, 0) is 47.5 Å². The van der Waals surface area contributed by atoms with Gasteiger partial charge in [-0.15, -0.1) is 11.3 Å². The van der Waals surface area contributed by atoms with Crippen molar-refractivity contribution in [3.8, 4) is 11.1 Å². The van der Waals surface area contributed by atoms with E-state index in [2.05, 4.69) is 132 Å². The first-order chi connectivity index (χ1) is 15.9. The van der Waals surface area contributed by atoms with Crippen LogP contribution in [0.1, 0.15) is 0 Å². The number of anilines is 3. The van der Waals surface area contributed by atoms with Gasteiger partial charge in [0.2, 0.25) is 0 Å². The average Bonchev–Trinajstić information content (AvgIpc) is 3.25. The van der Waals surface area contributed by atoms with Crippen molar-refractivity contribution < 1.29 is 0 Å². The third-order valence-corrected chi connectivity index (χ3v) is 7.06. The number of fused-ring (bicyclic) bond motifs is 3. The fourth-order valence-electron chi connectivity index (χ4n) is 4.37. The molecule has 0 amide bonds. The molecule has 0 saturated carbocycles. The summed E-state index contributed by atoms with van der Waals surface area (Å²) in [7, 11) is 0. The van der Waals surface area contributed by atoms with Crippen molar-refractivity contribution in [3.05, 3.63) is 127 Å². The lowest BCUT2D eigenvalue weighted by Crippen LogP contribution is -2.10. The zero-order valence-electron chi connectivity index (χ0n) is 17.5. The molecule has 0 fully saturated rings. The molecule has 32 heavy (non-hydrogen) atoms. The summed E-state index contributed by atoms with van der Waals surface area (Å²) < 4.78 is 2.63. The van der Waals surface area contributed by atoms with Crippen molar-refractivity contribution >= 4 is 48.6 Å². The molecule has 0 aliphatic heterocycles. The summed E-state index contributed by atoms with van der Waals surface area (Å²) in [5, 5.41) is 2.63. The predicted molar refractivity (Wildman–Crippen MR) is 139 cm³/mol. The maximum absolute atomic E-state index is 2.38. The van der Waals surface area contributed by atoms with Gasteiger partial charge in [-0.2, -0.15) is 0 Å². The van der Waals surface area contributed by atoms with E-state index < -0.39 is 0 Å². The van der Waals surface area contributed by atoms with Gasteiger partial charge in [0.05, 0.1) is 10.4 Å². The van der Waals surface area contributed by atoms with Crippen LogP contribution in [-0.2, 0) is 0 Å². The van der Waals surface area contributed by atoms with E-state index in [1.807, 2.05) is 11.3 Å². The standard InChI is InChI=1S/C30H21NS/c1-3-11-22(12-4-1)23-13-9-16-25(21-23)31(24-14-5-2-6-15-24)28-19-10-18-27-26-17-7-8-20-29(26)32-30(27)28/h1-21H. The minimum Gasteiger partial charge on any atom is -0.309 e. The highest BCUT2D eigenvalue weighted by atomic mass is 32.1. The van der Waals surface area contributed by atoms with E-state index >= 15 is 0 Å². The zero-order valence-corrected chi connectivity index (χ0v) is 18.3. The van der Waals surface area contributed by atoms with E-state index in [9.17, 15) is 0 Å². The number of hydrogen-bond acceptors (Lipinski definition) is 2. The van der Waals surface area contributed by atoms with E-state index in [1.165, 1.54) is 37.0 Å². The van der Waals surface area contributed by atoms with Crippen molar-refractivity contribution in [2.75, 3.05) is 4.90 Å². The van der Waals surface area contributed by atoms with Gasteiger partial charge >= 0.3 is 0 Å². The van der Waals surface area contributed by atoms with E-state index in [-0.39, 0.29) is 0 Å².